The molecule has 2 heterocycles. The van der Waals surface area contributed by atoms with E-state index in [1.54, 1.807) is 0 Å². The van der Waals surface area contributed by atoms with Crippen molar-refractivity contribution in [2.75, 3.05) is 0 Å². The minimum Gasteiger partial charge on any atom is -0.239 e. The van der Waals surface area contributed by atoms with Crippen LogP contribution < -0.4 is 0 Å². The number of hydrogen-bond donors (Lipinski definition) is 0. The van der Waals surface area contributed by atoms with Crippen LogP contribution in [0.1, 0.15) is 5.69 Å². The van der Waals surface area contributed by atoms with Crippen molar-refractivity contribution in [3.05, 3.63) is 12.0 Å². The number of nitrogens with zero attached hydrogens (tertiary/aromatic N) is 4. The third-order valence-electron chi connectivity index (χ3n) is 1.24. The molecular formula is C5H4N4S. The van der Waals surface area contributed by atoms with E-state index in [0.717, 1.165) is 16.0 Å². The maximum absolute atomic E-state index is 3.98. The van der Waals surface area contributed by atoms with E-state index in [1.807, 2.05) is 6.92 Å². The molecule has 0 N–H and O–H groups in total. The van der Waals surface area contributed by atoms with E-state index in [0.29, 0.717) is 0 Å². The molecule has 0 amide bonds. The summed E-state index contributed by atoms with van der Waals surface area (Å²) in [6.45, 7) is 1.89. The average Bonchev–Trinajstić information content (AvgIpc) is 2.36. The summed E-state index contributed by atoms with van der Waals surface area (Å²) in [6, 6.07) is 0. The zero-order valence-corrected chi connectivity index (χ0v) is 6.09. The van der Waals surface area contributed by atoms with Gasteiger partial charge in [0.2, 0.25) is 0 Å². The standard InChI is InChI=1S/C5H4N4S/c1-3-4-5(7-2-6-3)10-9-8-4/h2H,1H3. The maximum Gasteiger partial charge on any atom is 0.167 e. The molecule has 0 aliphatic carbocycles. The van der Waals surface area contributed by atoms with Gasteiger partial charge in [-0.3, -0.25) is 0 Å². The smallest absolute Gasteiger partial charge is 0.167 e. The molecule has 0 fully saturated rings. The maximum atomic E-state index is 3.98. The third-order valence-corrected chi connectivity index (χ3v) is 1.87. The van der Waals surface area contributed by atoms with Gasteiger partial charge in [-0.05, 0) is 6.92 Å². The zero-order valence-electron chi connectivity index (χ0n) is 5.27. The van der Waals surface area contributed by atoms with E-state index in [9.17, 15) is 0 Å². The van der Waals surface area contributed by atoms with Crippen LogP contribution in [-0.4, -0.2) is 19.6 Å². The van der Waals surface area contributed by atoms with Crippen LogP contribution in [0.2, 0.25) is 0 Å². The zero-order chi connectivity index (χ0) is 6.97. The first kappa shape index (κ1) is 5.67. The van der Waals surface area contributed by atoms with E-state index in [1.165, 1.54) is 17.9 Å². The van der Waals surface area contributed by atoms with Crippen LogP contribution in [0, 0.1) is 6.92 Å². The van der Waals surface area contributed by atoms with Gasteiger partial charge < -0.3 is 0 Å². The molecule has 4 nitrogen and oxygen atoms in total. The second-order valence-electron chi connectivity index (χ2n) is 1.89. The highest BCUT2D eigenvalue weighted by Crippen LogP contribution is 2.12. The van der Waals surface area contributed by atoms with Gasteiger partial charge >= 0.3 is 0 Å². The second kappa shape index (κ2) is 1.95. The topological polar surface area (TPSA) is 51.6 Å². The van der Waals surface area contributed by atoms with Crippen LogP contribution in [0.15, 0.2) is 6.33 Å². The van der Waals surface area contributed by atoms with E-state index >= 15 is 0 Å². The predicted octanol–water partition coefficient (Wildman–Crippen LogP) is 0.790. The van der Waals surface area contributed by atoms with Gasteiger partial charge in [-0.1, -0.05) is 4.49 Å². The van der Waals surface area contributed by atoms with Crippen molar-refractivity contribution in [1.29, 1.82) is 0 Å². The highest BCUT2D eigenvalue weighted by Gasteiger charge is 2.01. The molecule has 0 saturated heterocycles. The Morgan fingerprint density at radius 3 is 3.10 bits per heavy atom. The minimum absolute atomic E-state index is 0.813. The van der Waals surface area contributed by atoms with Crippen molar-refractivity contribution in [2.24, 2.45) is 0 Å². The summed E-state index contributed by atoms with van der Waals surface area (Å²) in [4.78, 5) is 8.81. The van der Waals surface area contributed by atoms with Crippen molar-refractivity contribution in [3.63, 3.8) is 0 Å². The fourth-order valence-electron chi connectivity index (χ4n) is 0.727. The van der Waals surface area contributed by atoms with Crippen LogP contribution in [0.4, 0.5) is 0 Å². The molecule has 2 rings (SSSR count). The van der Waals surface area contributed by atoms with Crippen LogP contribution in [0.3, 0.4) is 0 Å². The largest absolute Gasteiger partial charge is 0.239 e. The van der Waals surface area contributed by atoms with Gasteiger partial charge in [0.15, 0.2) is 4.83 Å². The Morgan fingerprint density at radius 2 is 2.30 bits per heavy atom. The van der Waals surface area contributed by atoms with Gasteiger partial charge in [0.25, 0.3) is 0 Å². The molecule has 0 aliphatic rings. The summed E-state index contributed by atoms with van der Waals surface area (Å²) in [7, 11) is 0. The first-order valence-corrected chi connectivity index (χ1v) is 3.55. The van der Waals surface area contributed by atoms with Gasteiger partial charge in [0, 0.05) is 11.5 Å². The molecule has 0 radical (unpaired) electrons. The van der Waals surface area contributed by atoms with E-state index in [-0.39, 0.29) is 0 Å². The lowest BCUT2D eigenvalue weighted by Gasteiger charge is -1.86. The molecule has 10 heavy (non-hydrogen) atoms. The quantitative estimate of drug-likeness (QED) is 0.560. The lowest BCUT2D eigenvalue weighted by Crippen LogP contribution is -1.83. The van der Waals surface area contributed by atoms with Crippen molar-refractivity contribution < 1.29 is 0 Å². The highest BCUT2D eigenvalue weighted by atomic mass is 32.1. The molecule has 0 aliphatic heterocycles. The molecule has 0 unspecified atom stereocenters. The van der Waals surface area contributed by atoms with Crippen LogP contribution in [0.25, 0.3) is 10.3 Å². The Kier molecular flexibility index (Phi) is 1.10. The van der Waals surface area contributed by atoms with Crippen LogP contribution >= 0.6 is 11.5 Å². The SMILES string of the molecule is Cc1ncnc2snnc12. The Balaban J connectivity index is 2.95. The second-order valence-corrected chi connectivity index (χ2v) is 2.62. The summed E-state index contributed by atoms with van der Waals surface area (Å²) >= 11 is 1.29. The van der Waals surface area contributed by atoms with Crippen molar-refractivity contribution in [3.8, 4) is 0 Å². The fourth-order valence-corrected chi connectivity index (χ4v) is 1.30. The summed E-state index contributed by atoms with van der Waals surface area (Å²) in [5.41, 5.74) is 1.70. The number of aryl methyl sites for hydroxylation is 1. The summed E-state index contributed by atoms with van der Waals surface area (Å²) in [6.07, 6.45) is 1.53. The summed E-state index contributed by atoms with van der Waals surface area (Å²) in [5, 5.41) is 3.86. The normalized spacial score (nSPS) is 10.5. The first-order chi connectivity index (χ1) is 4.88. The Labute approximate surface area is 61.1 Å². The van der Waals surface area contributed by atoms with Crippen molar-refractivity contribution in [1.82, 2.24) is 19.6 Å². The predicted molar refractivity (Wildman–Crippen MR) is 37.7 cm³/mol. The monoisotopic (exact) mass is 152 g/mol. The van der Waals surface area contributed by atoms with E-state index in [4.69, 9.17) is 0 Å². The van der Waals surface area contributed by atoms with Crippen LogP contribution in [0.5, 0.6) is 0 Å². The number of fused-ring (bicyclic) bond motifs is 1. The van der Waals surface area contributed by atoms with Gasteiger partial charge in [0.05, 0.1) is 5.69 Å². The molecule has 0 spiro atoms. The van der Waals surface area contributed by atoms with E-state index < -0.39 is 0 Å². The number of hydrogen-bond acceptors (Lipinski definition) is 5. The Morgan fingerprint density at radius 1 is 1.40 bits per heavy atom. The molecule has 5 heteroatoms. The van der Waals surface area contributed by atoms with Gasteiger partial charge in [-0.15, -0.1) is 5.10 Å². The minimum atomic E-state index is 0.813. The van der Waals surface area contributed by atoms with Crippen molar-refractivity contribution in [2.45, 2.75) is 6.92 Å². The van der Waals surface area contributed by atoms with Crippen LogP contribution in [-0.2, 0) is 0 Å². The molecule has 0 atom stereocenters. The van der Waals surface area contributed by atoms with Gasteiger partial charge in [-0.25, -0.2) is 9.97 Å². The first-order valence-electron chi connectivity index (χ1n) is 2.77. The molecule has 2 aromatic heterocycles. The highest BCUT2D eigenvalue weighted by molar-refractivity contribution is 7.12. The summed E-state index contributed by atoms with van der Waals surface area (Å²) in [5.74, 6) is 0. The Hall–Kier alpha value is -1.10. The van der Waals surface area contributed by atoms with Gasteiger partial charge in [-0.2, -0.15) is 0 Å². The molecule has 0 saturated carbocycles. The molecule has 50 valence electrons. The Bertz CT molecular complexity index is 355. The lowest BCUT2D eigenvalue weighted by molar-refractivity contribution is 1.11. The number of aromatic nitrogens is 4. The average molecular weight is 152 g/mol. The summed E-state index contributed by atoms with van der Waals surface area (Å²) < 4.78 is 3.75. The molecule has 0 aromatic carbocycles. The fraction of sp³-hybridized carbons (Fsp3) is 0.200. The lowest BCUT2D eigenvalue weighted by atomic mass is 10.4. The van der Waals surface area contributed by atoms with Crippen molar-refractivity contribution >= 4 is 21.9 Å². The van der Waals surface area contributed by atoms with E-state index in [2.05, 4.69) is 19.6 Å². The third kappa shape index (κ3) is 0.672. The van der Waals surface area contributed by atoms with Gasteiger partial charge in [0.1, 0.15) is 11.8 Å². The molecule has 2 aromatic rings. The molecular weight excluding hydrogens is 148 g/mol. The molecule has 0 bridgehead atoms. The number of rotatable bonds is 0.